The highest BCUT2D eigenvalue weighted by Gasteiger charge is 2.03. The normalized spacial score (nSPS) is 12.1. The fourth-order valence-electron chi connectivity index (χ4n) is 1.00. The molecule has 0 bridgehead atoms. The lowest BCUT2D eigenvalue weighted by Gasteiger charge is -2.10. The molecule has 0 saturated carbocycles. The van der Waals surface area contributed by atoms with Gasteiger partial charge >= 0.3 is 0 Å². The second kappa shape index (κ2) is 5.06. The van der Waals surface area contributed by atoms with Gasteiger partial charge in [-0.15, -0.1) is 6.42 Å². The van der Waals surface area contributed by atoms with Crippen LogP contribution in [-0.4, -0.2) is 6.61 Å². The van der Waals surface area contributed by atoms with E-state index in [9.17, 15) is 0 Å². The first-order chi connectivity index (χ1) is 6.24. The second-order valence-corrected chi connectivity index (χ2v) is 3.62. The number of hydrogen-bond acceptors (Lipinski definition) is 1. The van der Waals surface area contributed by atoms with Crippen molar-refractivity contribution >= 4 is 15.9 Å². The number of hydrogen-bond donors (Lipinski definition) is 0. The number of ether oxygens (including phenoxy) is 1. The van der Waals surface area contributed by atoms with E-state index in [0.717, 1.165) is 10.0 Å². The number of benzene rings is 1. The van der Waals surface area contributed by atoms with Crippen LogP contribution in [0.2, 0.25) is 0 Å². The molecule has 0 amide bonds. The summed E-state index contributed by atoms with van der Waals surface area (Å²) in [5.41, 5.74) is 1.14. The predicted octanol–water partition coefficient (Wildman–Crippen LogP) is 3.16. The SMILES string of the molecule is C#CCO[C@@H](C)c1ccc(Br)cc1. The minimum absolute atomic E-state index is 0.0594. The molecule has 68 valence electrons. The molecule has 0 radical (unpaired) electrons. The maximum absolute atomic E-state index is 5.37. The van der Waals surface area contributed by atoms with Crippen LogP contribution in [0.4, 0.5) is 0 Å². The Labute approximate surface area is 87.2 Å². The molecule has 0 aliphatic carbocycles. The Bertz CT molecular complexity index is 297. The largest absolute Gasteiger partial charge is 0.361 e. The van der Waals surface area contributed by atoms with E-state index in [-0.39, 0.29) is 6.10 Å². The van der Waals surface area contributed by atoms with Crippen LogP contribution in [0.3, 0.4) is 0 Å². The first-order valence-electron chi connectivity index (χ1n) is 4.04. The van der Waals surface area contributed by atoms with Gasteiger partial charge in [0.15, 0.2) is 0 Å². The topological polar surface area (TPSA) is 9.23 Å². The summed E-state index contributed by atoms with van der Waals surface area (Å²) >= 11 is 3.37. The average molecular weight is 239 g/mol. The van der Waals surface area contributed by atoms with E-state index < -0.39 is 0 Å². The number of halogens is 1. The molecule has 0 heterocycles. The Hall–Kier alpha value is -0.780. The quantitative estimate of drug-likeness (QED) is 0.736. The van der Waals surface area contributed by atoms with Gasteiger partial charge in [-0.1, -0.05) is 34.0 Å². The van der Waals surface area contributed by atoms with Gasteiger partial charge in [0.25, 0.3) is 0 Å². The first-order valence-corrected chi connectivity index (χ1v) is 4.84. The Balaban J connectivity index is 2.62. The Kier molecular flexibility index (Phi) is 4.01. The predicted molar refractivity (Wildman–Crippen MR) is 57.3 cm³/mol. The van der Waals surface area contributed by atoms with Crippen molar-refractivity contribution in [3.8, 4) is 12.3 Å². The lowest BCUT2D eigenvalue weighted by Crippen LogP contribution is -1.99. The fourth-order valence-corrected chi connectivity index (χ4v) is 1.27. The van der Waals surface area contributed by atoms with E-state index in [4.69, 9.17) is 11.2 Å². The van der Waals surface area contributed by atoms with Crippen LogP contribution < -0.4 is 0 Å². The zero-order chi connectivity index (χ0) is 9.68. The molecule has 1 atom stereocenters. The summed E-state index contributed by atoms with van der Waals surface area (Å²) in [7, 11) is 0. The maximum atomic E-state index is 5.37. The molecule has 0 aliphatic heterocycles. The van der Waals surface area contributed by atoms with Crippen molar-refractivity contribution in [2.24, 2.45) is 0 Å². The molecule has 0 spiro atoms. The molecule has 0 aromatic heterocycles. The zero-order valence-corrected chi connectivity index (χ0v) is 9.04. The van der Waals surface area contributed by atoms with Crippen molar-refractivity contribution in [2.75, 3.05) is 6.61 Å². The molecule has 0 aliphatic rings. The summed E-state index contributed by atoms with van der Waals surface area (Å²) in [6.07, 6.45) is 5.16. The highest BCUT2D eigenvalue weighted by Crippen LogP contribution is 2.18. The third kappa shape index (κ3) is 3.22. The van der Waals surface area contributed by atoms with Crippen LogP contribution in [0.5, 0.6) is 0 Å². The fraction of sp³-hybridized carbons (Fsp3) is 0.273. The molecule has 0 unspecified atom stereocenters. The van der Waals surface area contributed by atoms with E-state index >= 15 is 0 Å². The van der Waals surface area contributed by atoms with Crippen molar-refractivity contribution in [1.82, 2.24) is 0 Å². The third-order valence-corrected chi connectivity index (χ3v) is 2.28. The average Bonchev–Trinajstić information content (AvgIpc) is 2.15. The molecular formula is C11H11BrO. The van der Waals surface area contributed by atoms with E-state index in [0.29, 0.717) is 6.61 Å². The molecule has 1 nitrogen and oxygen atoms in total. The lowest BCUT2D eigenvalue weighted by molar-refractivity contribution is 0.0926. The summed E-state index contributed by atoms with van der Waals surface area (Å²) in [6.45, 7) is 2.35. The molecule has 0 fully saturated rings. The van der Waals surface area contributed by atoms with Crippen molar-refractivity contribution in [3.05, 3.63) is 34.3 Å². The van der Waals surface area contributed by atoms with Gasteiger partial charge in [0.1, 0.15) is 6.61 Å². The molecule has 1 aromatic rings. The van der Waals surface area contributed by atoms with Gasteiger partial charge in [0.05, 0.1) is 6.10 Å². The van der Waals surface area contributed by atoms with Crippen LogP contribution in [0.15, 0.2) is 28.7 Å². The first kappa shape index (κ1) is 10.3. The van der Waals surface area contributed by atoms with Crippen molar-refractivity contribution in [3.63, 3.8) is 0 Å². The van der Waals surface area contributed by atoms with Crippen molar-refractivity contribution in [1.29, 1.82) is 0 Å². The van der Waals surface area contributed by atoms with Crippen LogP contribution in [0, 0.1) is 12.3 Å². The maximum Gasteiger partial charge on any atom is 0.108 e. The molecule has 2 heteroatoms. The van der Waals surface area contributed by atoms with Gasteiger partial charge < -0.3 is 4.74 Å². The lowest BCUT2D eigenvalue weighted by atomic mass is 10.1. The van der Waals surface area contributed by atoms with Crippen molar-refractivity contribution in [2.45, 2.75) is 13.0 Å². The summed E-state index contributed by atoms with van der Waals surface area (Å²) in [5, 5.41) is 0. The summed E-state index contributed by atoms with van der Waals surface area (Å²) < 4.78 is 6.44. The summed E-state index contributed by atoms with van der Waals surface area (Å²) in [5.74, 6) is 2.45. The highest BCUT2D eigenvalue weighted by molar-refractivity contribution is 9.10. The van der Waals surface area contributed by atoms with Crippen LogP contribution >= 0.6 is 15.9 Å². The van der Waals surface area contributed by atoms with E-state index in [1.54, 1.807) is 0 Å². The van der Waals surface area contributed by atoms with Crippen LogP contribution in [0.1, 0.15) is 18.6 Å². The monoisotopic (exact) mass is 238 g/mol. The number of rotatable bonds is 3. The summed E-state index contributed by atoms with van der Waals surface area (Å²) in [6, 6.07) is 8.02. The zero-order valence-electron chi connectivity index (χ0n) is 7.46. The molecule has 13 heavy (non-hydrogen) atoms. The molecule has 1 aromatic carbocycles. The molecule has 0 N–H and O–H groups in total. The summed E-state index contributed by atoms with van der Waals surface area (Å²) in [4.78, 5) is 0. The van der Waals surface area contributed by atoms with E-state index in [1.165, 1.54) is 0 Å². The Morgan fingerprint density at radius 3 is 2.62 bits per heavy atom. The van der Waals surface area contributed by atoms with Gasteiger partial charge in [-0.2, -0.15) is 0 Å². The van der Waals surface area contributed by atoms with E-state index in [2.05, 4.69) is 21.9 Å². The van der Waals surface area contributed by atoms with Crippen LogP contribution in [0.25, 0.3) is 0 Å². The van der Waals surface area contributed by atoms with Gasteiger partial charge in [0, 0.05) is 4.47 Å². The van der Waals surface area contributed by atoms with Crippen molar-refractivity contribution < 1.29 is 4.74 Å². The molecular weight excluding hydrogens is 228 g/mol. The van der Waals surface area contributed by atoms with Gasteiger partial charge in [-0.05, 0) is 24.6 Å². The Morgan fingerprint density at radius 1 is 1.46 bits per heavy atom. The minimum Gasteiger partial charge on any atom is -0.361 e. The number of terminal acetylenes is 1. The molecule has 0 saturated heterocycles. The third-order valence-electron chi connectivity index (χ3n) is 1.76. The Morgan fingerprint density at radius 2 is 2.08 bits per heavy atom. The van der Waals surface area contributed by atoms with Gasteiger partial charge in [-0.25, -0.2) is 0 Å². The van der Waals surface area contributed by atoms with E-state index in [1.807, 2.05) is 31.2 Å². The smallest absolute Gasteiger partial charge is 0.108 e. The molecule has 1 rings (SSSR count). The van der Waals surface area contributed by atoms with Crippen LogP contribution in [-0.2, 0) is 4.74 Å². The second-order valence-electron chi connectivity index (χ2n) is 2.71. The van der Waals surface area contributed by atoms with Gasteiger partial charge in [0.2, 0.25) is 0 Å². The standard InChI is InChI=1S/C11H11BrO/c1-3-8-13-9(2)10-4-6-11(12)7-5-10/h1,4-7,9H,8H2,2H3/t9-/m0/s1. The highest BCUT2D eigenvalue weighted by atomic mass is 79.9. The minimum atomic E-state index is 0.0594. The van der Waals surface area contributed by atoms with Gasteiger partial charge in [-0.3, -0.25) is 0 Å².